The first-order valence-electron chi connectivity index (χ1n) is 6.56. The van der Waals surface area contributed by atoms with Crippen LogP contribution in [0.1, 0.15) is 17.9 Å². The van der Waals surface area contributed by atoms with Gasteiger partial charge in [0.1, 0.15) is 13.2 Å². The van der Waals surface area contributed by atoms with Crippen LogP contribution in [-0.4, -0.2) is 37.7 Å². The van der Waals surface area contributed by atoms with Crippen molar-refractivity contribution >= 4 is 6.03 Å². The van der Waals surface area contributed by atoms with Crippen LogP contribution in [0.5, 0.6) is 11.5 Å². The topological polar surface area (TPSA) is 64.8 Å². The number of rotatable bonds is 3. The van der Waals surface area contributed by atoms with Crippen molar-refractivity contribution < 1.29 is 14.3 Å². The number of carbonyl (C=O) groups excluding carboxylic acids is 1. The Hall–Kier alpha value is -1.91. The maximum Gasteiger partial charge on any atom is 0.314 e. The van der Waals surface area contributed by atoms with Crippen molar-refractivity contribution in [1.29, 1.82) is 0 Å². The molecule has 0 radical (unpaired) electrons. The smallest absolute Gasteiger partial charge is 0.314 e. The molecule has 0 unspecified atom stereocenters. The van der Waals surface area contributed by atoms with Crippen molar-refractivity contribution in [2.45, 2.75) is 12.3 Å². The second kappa shape index (κ2) is 4.64. The minimum atomic E-state index is -0.375. The molecule has 0 saturated heterocycles. The number of primary amides is 1. The molecule has 5 heteroatoms. The summed E-state index contributed by atoms with van der Waals surface area (Å²) >= 11 is 0. The van der Waals surface area contributed by atoms with Gasteiger partial charge in [-0.1, -0.05) is 12.1 Å². The number of para-hydroxylation sites is 1. The van der Waals surface area contributed by atoms with Gasteiger partial charge in [-0.25, -0.2) is 4.79 Å². The molecule has 1 heterocycles. The van der Waals surface area contributed by atoms with Crippen LogP contribution in [0.4, 0.5) is 4.79 Å². The van der Waals surface area contributed by atoms with Gasteiger partial charge in [0.15, 0.2) is 11.5 Å². The highest BCUT2D eigenvalue weighted by Crippen LogP contribution is 2.52. The minimum Gasteiger partial charge on any atom is -0.486 e. The fourth-order valence-corrected chi connectivity index (χ4v) is 2.66. The van der Waals surface area contributed by atoms with E-state index in [1.807, 2.05) is 12.1 Å². The summed E-state index contributed by atoms with van der Waals surface area (Å²) in [6.45, 7) is 1.90. The standard InChI is InChI=1S/C14H18N2O3/c1-16(14(15)17)8-9-7-11(9)10-3-2-4-12-13(10)19-6-5-18-12/h2-4,9,11H,5-8H2,1H3,(H2,15,17)/t9-,11+/m0/s1. The first kappa shape index (κ1) is 12.1. The molecule has 1 aromatic carbocycles. The second-order valence-corrected chi connectivity index (χ2v) is 5.19. The number of fused-ring (bicyclic) bond motifs is 1. The van der Waals surface area contributed by atoms with Crippen molar-refractivity contribution in [1.82, 2.24) is 4.90 Å². The van der Waals surface area contributed by atoms with Crippen LogP contribution < -0.4 is 15.2 Å². The van der Waals surface area contributed by atoms with Gasteiger partial charge >= 0.3 is 6.03 Å². The van der Waals surface area contributed by atoms with Gasteiger partial charge in [-0.2, -0.15) is 0 Å². The number of hydrogen-bond acceptors (Lipinski definition) is 3. The van der Waals surface area contributed by atoms with Gasteiger partial charge < -0.3 is 20.1 Å². The summed E-state index contributed by atoms with van der Waals surface area (Å²) in [5.41, 5.74) is 6.44. The van der Waals surface area contributed by atoms with Gasteiger partial charge in [0.05, 0.1) is 0 Å². The third-order valence-electron chi connectivity index (χ3n) is 3.80. The number of nitrogens with two attached hydrogens (primary N) is 1. The Kier molecular flexibility index (Phi) is 2.97. The van der Waals surface area contributed by atoms with Crippen molar-refractivity contribution in [3.05, 3.63) is 23.8 Å². The molecule has 1 aliphatic heterocycles. The van der Waals surface area contributed by atoms with E-state index in [1.165, 1.54) is 5.56 Å². The third-order valence-corrected chi connectivity index (χ3v) is 3.80. The lowest BCUT2D eigenvalue weighted by atomic mass is 10.1. The lowest BCUT2D eigenvalue weighted by Gasteiger charge is -2.21. The number of benzene rings is 1. The van der Waals surface area contributed by atoms with Gasteiger partial charge in [0.2, 0.25) is 0 Å². The average Bonchev–Trinajstić information content (AvgIpc) is 3.17. The normalized spacial score (nSPS) is 23.8. The molecule has 2 amide bonds. The molecular formula is C14H18N2O3. The van der Waals surface area contributed by atoms with Crippen LogP contribution in [0, 0.1) is 5.92 Å². The number of nitrogens with zero attached hydrogens (tertiary/aromatic N) is 1. The number of ether oxygens (including phenoxy) is 2. The van der Waals surface area contributed by atoms with E-state index >= 15 is 0 Å². The van der Waals surface area contributed by atoms with Crippen molar-refractivity contribution in [2.75, 3.05) is 26.8 Å². The molecule has 1 aliphatic carbocycles. The maximum absolute atomic E-state index is 11.0. The summed E-state index contributed by atoms with van der Waals surface area (Å²) in [6.07, 6.45) is 1.07. The van der Waals surface area contributed by atoms with E-state index in [9.17, 15) is 4.79 Å². The fraction of sp³-hybridized carbons (Fsp3) is 0.500. The van der Waals surface area contributed by atoms with Gasteiger partial charge in [0.25, 0.3) is 0 Å². The van der Waals surface area contributed by atoms with Crippen LogP contribution >= 0.6 is 0 Å². The van der Waals surface area contributed by atoms with Crippen LogP contribution in [-0.2, 0) is 0 Å². The second-order valence-electron chi connectivity index (χ2n) is 5.19. The third kappa shape index (κ3) is 2.32. The lowest BCUT2D eigenvalue weighted by Crippen LogP contribution is -2.33. The molecule has 1 fully saturated rings. The predicted molar refractivity (Wildman–Crippen MR) is 70.5 cm³/mol. The van der Waals surface area contributed by atoms with E-state index in [0.29, 0.717) is 31.6 Å². The summed E-state index contributed by atoms with van der Waals surface area (Å²) in [5, 5.41) is 0. The van der Waals surface area contributed by atoms with Crippen molar-refractivity contribution in [3.8, 4) is 11.5 Å². The molecule has 2 atom stereocenters. The molecule has 3 rings (SSSR count). The van der Waals surface area contributed by atoms with Crippen molar-refractivity contribution in [3.63, 3.8) is 0 Å². The SMILES string of the molecule is CN(C[C@@H]1C[C@H]1c1cccc2c1OCCO2)C(N)=O. The van der Waals surface area contributed by atoms with Gasteiger partial charge in [-0.3, -0.25) is 0 Å². The molecule has 5 nitrogen and oxygen atoms in total. The van der Waals surface area contributed by atoms with Crippen LogP contribution in [0.2, 0.25) is 0 Å². The zero-order valence-electron chi connectivity index (χ0n) is 11.0. The predicted octanol–water partition coefficient (Wildman–Crippen LogP) is 1.57. The summed E-state index contributed by atoms with van der Waals surface area (Å²) in [4.78, 5) is 12.6. The Morgan fingerprint density at radius 3 is 3.00 bits per heavy atom. The number of amides is 2. The first-order chi connectivity index (χ1) is 9.16. The molecule has 0 spiro atoms. The highest BCUT2D eigenvalue weighted by atomic mass is 16.6. The summed E-state index contributed by atoms with van der Waals surface area (Å²) in [7, 11) is 1.73. The molecule has 2 N–H and O–H groups in total. The molecule has 0 aromatic heterocycles. The molecular weight excluding hydrogens is 244 g/mol. The summed E-state index contributed by atoms with van der Waals surface area (Å²) in [6, 6.07) is 5.64. The Morgan fingerprint density at radius 2 is 2.21 bits per heavy atom. The largest absolute Gasteiger partial charge is 0.486 e. The van der Waals surface area contributed by atoms with E-state index in [1.54, 1.807) is 11.9 Å². The molecule has 1 saturated carbocycles. The highest BCUT2D eigenvalue weighted by molar-refractivity contribution is 5.71. The monoisotopic (exact) mass is 262 g/mol. The van der Waals surface area contributed by atoms with E-state index < -0.39 is 0 Å². The van der Waals surface area contributed by atoms with E-state index in [-0.39, 0.29) is 6.03 Å². The highest BCUT2D eigenvalue weighted by Gasteiger charge is 2.41. The Labute approximate surface area is 112 Å². The van der Waals surface area contributed by atoms with Crippen LogP contribution in [0.25, 0.3) is 0 Å². The first-order valence-corrected chi connectivity index (χ1v) is 6.56. The zero-order chi connectivity index (χ0) is 13.4. The van der Waals surface area contributed by atoms with Crippen molar-refractivity contribution in [2.24, 2.45) is 11.7 Å². The van der Waals surface area contributed by atoms with Gasteiger partial charge in [-0.05, 0) is 24.3 Å². The number of hydrogen-bond donors (Lipinski definition) is 1. The molecule has 102 valence electrons. The quantitative estimate of drug-likeness (QED) is 0.899. The van der Waals surface area contributed by atoms with Gasteiger partial charge in [-0.15, -0.1) is 0 Å². The van der Waals surface area contributed by atoms with Gasteiger partial charge in [0, 0.05) is 19.2 Å². The Balaban J connectivity index is 1.73. The molecule has 1 aromatic rings. The minimum absolute atomic E-state index is 0.375. The molecule has 19 heavy (non-hydrogen) atoms. The Morgan fingerprint density at radius 1 is 1.42 bits per heavy atom. The number of carbonyl (C=O) groups is 1. The maximum atomic E-state index is 11.0. The van der Waals surface area contributed by atoms with E-state index in [0.717, 1.165) is 17.9 Å². The Bertz CT molecular complexity index is 503. The van der Waals surface area contributed by atoms with Crippen LogP contribution in [0.3, 0.4) is 0 Å². The number of urea groups is 1. The van der Waals surface area contributed by atoms with E-state index in [2.05, 4.69) is 6.07 Å². The van der Waals surface area contributed by atoms with E-state index in [4.69, 9.17) is 15.2 Å². The molecule has 2 aliphatic rings. The molecule has 0 bridgehead atoms. The summed E-state index contributed by atoms with van der Waals surface area (Å²) in [5.74, 6) is 2.62. The zero-order valence-corrected chi connectivity index (χ0v) is 11.0. The average molecular weight is 262 g/mol. The fourth-order valence-electron chi connectivity index (χ4n) is 2.66. The van der Waals surface area contributed by atoms with Crippen LogP contribution in [0.15, 0.2) is 18.2 Å². The lowest BCUT2D eigenvalue weighted by molar-refractivity contribution is 0.169. The summed E-state index contributed by atoms with van der Waals surface area (Å²) < 4.78 is 11.3.